The van der Waals surface area contributed by atoms with Crippen LogP contribution in [-0.2, 0) is 14.2 Å². The summed E-state index contributed by atoms with van der Waals surface area (Å²) in [4.78, 5) is 0. The van der Waals surface area contributed by atoms with Crippen LogP contribution >= 0.6 is 0 Å². The van der Waals surface area contributed by atoms with Crippen molar-refractivity contribution in [2.24, 2.45) is 5.92 Å². The zero-order valence-electron chi connectivity index (χ0n) is 11.8. The zero-order valence-corrected chi connectivity index (χ0v) is 12.8. The Morgan fingerprint density at radius 1 is 1.00 bits per heavy atom. The van der Waals surface area contributed by atoms with E-state index in [1.54, 1.807) is 0 Å². The Morgan fingerprint density at radius 3 is 2.00 bits per heavy atom. The number of hydrogen-bond acceptors (Lipinski definition) is 3. The molecule has 0 spiro atoms. The number of rotatable bonds is 11. The van der Waals surface area contributed by atoms with E-state index in [1.807, 2.05) is 13.8 Å². The Morgan fingerprint density at radius 2 is 1.59 bits per heavy atom. The molecule has 0 aromatic heterocycles. The molecule has 4 heteroatoms. The van der Waals surface area contributed by atoms with Gasteiger partial charge >= 0.3 is 0 Å². The normalized spacial score (nSPS) is 13.9. The summed E-state index contributed by atoms with van der Waals surface area (Å²) in [5.74, 6) is 0.576. The molecule has 0 N–H and O–H groups in total. The van der Waals surface area contributed by atoms with E-state index in [1.165, 1.54) is 19.3 Å². The van der Waals surface area contributed by atoms with Crippen molar-refractivity contribution in [3.8, 4) is 0 Å². The summed E-state index contributed by atoms with van der Waals surface area (Å²) in [6.07, 6.45) is 4.81. The molecule has 0 aromatic rings. The lowest BCUT2D eigenvalue weighted by Crippen LogP contribution is -2.41. The third-order valence-corrected chi connectivity index (χ3v) is 3.15. The topological polar surface area (TPSA) is 27.7 Å². The van der Waals surface area contributed by atoms with Crippen LogP contribution in [0.4, 0.5) is 0 Å². The molecule has 0 fully saturated rings. The molecular weight excluding hydrogens is 232 g/mol. The monoisotopic (exact) mass is 259 g/mol. The second kappa shape index (κ2) is 10.1. The standard InChI is InChI=1S/C13H27O3Si/c1-5-9-10-12(6-2)11-16-13(17,14-7-3)15-8-4/h12H,5-11H2,1-4H3. The molecule has 0 heterocycles. The first-order chi connectivity index (χ1) is 8.11. The Labute approximate surface area is 110 Å². The highest BCUT2D eigenvalue weighted by Gasteiger charge is 2.26. The molecule has 0 rings (SSSR count). The fourth-order valence-corrected chi connectivity index (χ4v) is 2.00. The predicted molar refractivity (Wildman–Crippen MR) is 71.0 cm³/mol. The lowest BCUT2D eigenvalue weighted by molar-refractivity contribution is -0.325. The molecule has 17 heavy (non-hydrogen) atoms. The molecule has 1 atom stereocenters. The molecule has 0 amide bonds. The van der Waals surface area contributed by atoms with Crippen molar-refractivity contribution >= 4 is 10.2 Å². The minimum absolute atomic E-state index is 0.551. The molecule has 0 aliphatic heterocycles. The summed E-state index contributed by atoms with van der Waals surface area (Å²) >= 11 is 0. The summed E-state index contributed by atoms with van der Waals surface area (Å²) < 4.78 is 16.6. The summed E-state index contributed by atoms with van der Waals surface area (Å²) in [7, 11) is 3.42. The molecule has 3 nitrogen and oxygen atoms in total. The van der Waals surface area contributed by atoms with Crippen LogP contribution in [0.15, 0.2) is 0 Å². The average Bonchev–Trinajstić information content (AvgIpc) is 2.30. The minimum Gasteiger partial charge on any atom is -0.332 e. The Kier molecular flexibility index (Phi) is 10.1. The van der Waals surface area contributed by atoms with Gasteiger partial charge in [-0.25, -0.2) is 0 Å². The molecule has 0 saturated carbocycles. The van der Waals surface area contributed by atoms with Crippen LogP contribution in [-0.4, -0.2) is 35.7 Å². The van der Waals surface area contributed by atoms with E-state index in [0.29, 0.717) is 25.7 Å². The maximum absolute atomic E-state index is 5.73. The van der Waals surface area contributed by atoms with Gasteiger partial charge in [-0.3, -0.25) is 0 Å². The molecule has 0 aliphatic carbocycles. The lowest BCUT2D eigenvalue weighted by Gasteiger charge is -2.30. The van der Waals surface area contributed by atoms with Crippen molar-refractivity contribution < 1.29 is 14.2 Å². The SMILES string of the molecule is CCCCC(CC)COC([Si])(OCC)OCC. The first-order valence-corrected chi connectivity index (χ1v) is 7.28. The van der Waals surface area contributed by atoms with E-state index in [2.05, 4.69) is 24.1 Å². The van der Waals surface area contributed by atoms with E-state index in [4.69, 9.17) is 14.2 Å². The lowest BCUT2D eigenvalue weighted by atomic mass is 10.0. The number of ether oxygens (including phenoxy) is 3. The third kappa shape index (κ3) is 7.92. The molecule has 101 valence electrons. The highest BCUT2D eigenvalue weighted by molar-refractivity contribution is 6.12. The molecule has 0 aromatic carbocycles. The van der Waals surface area contributed by atoms with Gasteiger partial charge in [-0.15, -0.1) is 0 Å². The molecule has 0 aliphatic rings. The van der Waals surface area contributed by atoms with Gasteiger partial charge in [0, 0.05) is 13.2 Å². The number of hydrogen-bond donors (Lipinski definition) is 0. The van der Waals surface area contributed by atoms with Crippen LogP contribution in [0.5, 0.6) is 0 Å². The zero-order chi connectivity index (χ0) is 13.1. The molecule has 3 radical (unpaired) electrons. The van der Waals surface area contributed by atoms with Crippen LogP contribution in [0.2, 0.25) is 0 Å². The molecular formula is C13H27O3Si. The van der Waals surface area contributed by atoms with Gasteiger partial charge in [-0.1, -0.05) is 33.1 Å². The third-order valence-electron chi connectivity index (χ3n) is 2.72. The van der Waals surface area contributed by atoms with Crippen molar-refractivity contribution in [2.45, 2.75) is 59.0 Å². The number of unbranched alkanes of at least 4 members (excludes halogenated alkanes) is 1. The fraction of sp³-hybridized carbons (Fsp3) is 1.00. The predicted octanol–water partition coefficient (Wildman–Crippen LogP) is 3.07. The van der Waals surface area contributed by atoms with Crippen LogP contribution in [0.1, 0.15) is 53.4 Å². The van der Waals surface area contributed by atoms with E-state index in [9.17, 15) is 0 Å². The summed E-state index contributed by atoms with van der Waals surface area (Å²) in [6.45, 7) is 10.0. The van der Waals surface area contributed by atoms with E-state index >= 15 is 0 Å². The summed E-state index contributed by atoms with van der Waals surface area (Å²) in [5.41, 5.74) is -1.07. The van der Waals surface area contributed by atoms with Gasteiger partial charge in [0.15, 0.2) is 10.2 Å². The Balaban J connectivity index is 4.07. The first kappa shape index (κ1) is 17.1. The van der Waals surface area contributed by atoms with E-state index < -0.39 is 5.60 Å². The second-order valence-corrected chi connectivity index (χ2v) is 4.76. The largest absolute Gasteiger partial charge is 0.332 e. The van der Waals surface area contributed by atoms with Crippen molar-refractivity contribution in [3.63, 3.8) is 0 Å². The van der Waals surface area contributed by atoms with Crippen molar-refractivity contribution in [2.75, 3.05) is 19.8 Å². The second-order valence-electron chi connectivity index (χ2n) is 4.15. The maximum Gasteiger partial charge on any atom is 0.248 e. The first-order valence-electron chi connectivity index (χ1n) is 6.78. The van der Waals surface area contributed by atoms with Crippen molar-refractivity contribution in [1.29, 1.82) is 0 Å². The quantitative estimate of drug-likeness (QED) is 0.421. The van der Waals surface area contributed by atoms with Gasteiger partial charge < -0.3 is 14.2 Å². The van der Waals surface area contributed by atoms with Crippen molar-refractivity contribution in [3.05, 3.63) is 0 Å². The van der Waals surface area contributed by atoms with E-state index in [0.717, 1.165) is 6.42 Å². The highest BCUT2D eigenvalue weighted by Crippen LogP contribution is 2.18. The van der Waals surface area contributed by atoms with Crippen LogP contribution in [0.25, 0.3) is 0 Å². The maximum atomic E-state index is 5.73. The summed E-state index contributed by atoms with van der Waals surface area (Å²) in [6, 6.07) is 0. The minimum atomic E-state index is -1.07. The molecule has 0 bridgehead atoms. The van der Waals surface area contributed by atoms with Crippen LogP contribution < -0.4 is 0 Å². The van der Waals surface area contributed by atoms with Gasteiger partial charge in [-0.2, -0.15) is 0 Å². The molecule has 0 saturated heterocycles. The Bertz CT molecular complexity index is 170. The summed E-state index contributed by atoms with van der Waals surface area (Å²) in [5, 5.41) is 0. The Hall–Kier alpha value is 0.0969. The average molecular weight is 259 g/mol. The highest BCUT2D eigenvalue weighted by atomic mass is 28.1. The van der Waals surface area contributed by atoms with Gasteiger partial charge in [0.25, 0.3) is 0 Å². The van der Waals surface area contributed by atoms with E-state index in [-0.39, 0.29) is 0 Å². The van der Waals surface area contributed by atoms with Gasteiger partial charge in [0.2, 0.25) is 5.60 Å². The smallest absolute Gasteiger partial charge is 0.248 e. The van der Waals surface area contributed by atoms with Crippen LogP contribution in [0.3, 0.4) is 0 Å². The fourth-order valence-electron chi connectivity index (χ4n) is 1.63. The molecule has 1 unspecified atom stereocenters. The van der Waals surface area contributed by atoms with Crippen LogP contribution in [0, 0.1) is 5.92 Å². The van der Waals surface area contributed by atoms with Gasteiger partial charge in [0.1, 0.15) is 0 Å². The van der Waals surface area contributed by atoms with Crippen molar-refractivity contribution in [1.82, 2.24) is 0 Å². The van der Waals surface area contributed by atoms with Gasteiger partial charge in [0.05, 0.1) is 6.61 Å². The van der Waals surface area contributed by atoms with Gasteiger partial charge in [-0.05, 0) is 26.2 Å².